The molecule has 0 saturated heterocycles. The Morgan fingerprint density at radius 3 is 1.92 bits per heavy atom. The Morgan fingerprint density at radius 1 is 0.750 bits per heavy atom. The Kier molecular flexibility index (Phi) is 3.81. The highest BCUT2D eigenvalue weighted by Gasteiger charge is 2.36. The second kappa shape index (κ2) is 5.58. The first-order valence-electron chi connectivity index (χ1n) is 6.97. The van der Waals surface area contributed by atoms with Crippen LogP contribution in [-0.2, 0) is 18.9 Å². The molecule has 1 aromatic heterocycles. The molecule has 0 aliphatic carbocycles. The maximum Gasteiger partial charge on any atom is 0.416 e. The fraction of sp³-hybridized carbons (Fsp3) is 0.176. The van der Waals surface area contributed by atoms with Gasteiger partial charge in [0.05, 0.1) is 11.1 Å². The number of fused-ring (bicyclic) bond motifs is 1. The molecule has 0 aliphatic heterocycles. The molecule has 0 bridgehead atoms. The predicted molar refractivity (Wildman–Crippen MR) is 77.5 cm³/mol. The number of rotatable bonds is 2. The molecule has 0 radical (unpaired) electrons. The summed E-state index contributed by atoms with van der Waals surface area (Å²) in [6.07, 6.45) is -8.04. The first-order valence-corrected chi connectivity index (χ1v) is 6.97. The molecule has 0 unspecified atom stereocenters. The van der Waals surface area contributed by atoms with Crippen LogP contribution < -0.4 is 0 Å². The minimum atomic E-state index is -4.84. The largest absolute Gasteiger partial charge is 0.416 e. The summed E-state index contributed by atoms with van der Waals surface area (Å²) in [7, 11) is 0. The van der Waals surface area contributed by atoms with Crippen molar-refractivity contribution in [2.75, 3.05) is 0 Å². The quantitative estimate of drug-likeness (QED) is 0.524. The minimum Gasteiger partial charge on any atom is -0.343 e. The third-order valence-electron chi connectivity index (χ3n) is 3.68. The molecule has 24 heavy (non-hydrogen) atoms. The zero-order valence-corrected chi connectivity index (χ0v) is 12.1. The van der Waals surface area contributed by atoms with Crippen molar-refractivity contribution in [3.8, 4) is 0 Å². The number of nitrogens with zero attached hydrogens (tertiary/aromatic N) is 1. The number of aromatic nitrogens is 1. The Labute approximate surface area is 133 Å². The highest BCUT2D eigenvalue weighted by molar-refractivity contribution is 5.80. The minimum absolute atomic E-state index is 0.0569. The molecule has 0 fully saturated rings. The SMILES string of the molecule is FC(F)(F)c1cc(Cn2ccc3ccccc32)cc(C(F)(F)F)c1. The zero-order valence-electron chi connectivity index (χ0n) is 12.1. The topological polar surface area (TPSA) is 4.93 Å². The summed E-state index contributed by atoms with van der Waals surface area (Å²) in [6.45, 7) is -0.0828. The fourth-order valence-corrected chi connectivity index (χ4v) is 2.59. The molecule has 0 atom stereocenters. The van der Waals surface area contributed by atoms with E-state index in [9.17, 15) is 26.3 Å². The van der Waals surface area contributed by atoms with Crippen LogP contribution in [0.1, 0.15) is 16.7 Å². The molecule has 3 rings (SSSR count). The second-order valence-electron chi connectivity index (χ2n) is 5.42. The molecule has 1 nitrogen and oxygen atoms in total. The van der Waals surface area contributed by atoms with Gasteiger partial charge in [-0.2, -0.15) is 26.3 Å². The van der Waals surface area contributed by atoms with Crippen molar-refractivity contribution in [2.45, 2.75) is 18.9 Å². The average Bonchev–Trinajstić information content (AvgIpc) is 2.89. The summed E-state index contributed by atoms with van der Waals surface area (Å²) in [6, 6.07) is 10.5. The van der Waals surface area contributed by atoms with Gasteiger partial charge in [-0.3, -0.25) is 0 Å². The number of alkyl halides is 6. The first-order chi connectivity index (χ1) is 11.1. The third-order valence-corrected chi connectivity index (χ3v) is 3.68. The Hall–Kier alpha value is -2.44. The molecule has 7 heteroatoms. The van der Waals surface area contributed by atoms with E-state index in [4.69, 9.17) is 0 Å². The number of para-hydroxylation sites is 1. The van der Waals surface area contributed by atoms with Crippen molar-refractivity contribution in [2.24, 2.45) is 0 Å². The number of benzene rings is 2. The van der Waals surface area contributed by atoms with E-state index < -0.39 is 23.5 Å². The maximum atomic E-state index is 12.9. The van der Waals surface area contributed by atoms with Gasteiger partial charge in [0.1, 0.15) is 0 Å². The molecule has 3 aromatic rings. The van der Waals surface area contributed by atoms with Crippen LogP contribution in [0.5, 0.6) is 0 Å². The Balaban J connectivity index is 2.07. The number of hydrogen-bond acceptors (Lipinski definition) is 0. The summed E-state index contributed by atoms with van der Waals surface area (Å²) in [5.41, 5.74) is -1.92. The van der Waals surface area contributed by atoms with Crippen molar-refractivity contribution in [3.05, 3.63) is 71.4 Å². The lowest BCUT2D eigenvalue weighted by molar-refractivity contribution is -0.143. The summed E-state index contributed by atoms with van der Waals surface area (Å²) >= 11 is 0. The van der Waals surface area contributed by atoms with Gasteiger partial charge in [0, 0.05) is 18.3 Å². The van der Waals surface area contributed by atoms with Gasteiger partial charge in [-0.15, -0.1) is 0 Å². The van der Waals surface area contributed by atoms with E-state index in [-0.39, 0.29) is 18.2 Å². The van der Waals surface area contributed by atoms with Crippen LogP contribution in [0.3, 0.4) is 0 Å². The number of halogens is 6. The van der Waals surface area contributed by atoms with Crippen molar-refractivity contribution in [1.82, 2.24) is 4.57 Å². The lowest BCUT2D eigenvalue weighted by Gasteiger charge is -2.15. The molecule has 126 valence electrons. The van der Waals surface area contributed by atoms with Gasteiger partial charge in [-0.25, -0.2) is 0 Å². The monoisotopic (exact) mass is 343 g/mol. The van der Waals surface area contributed by atoms with Crippen LogP contribution in [0.15, 0.2) is 54.7 Å². The lowest BCUT2D eigenvalue weighted by Crippen LogP contribution is -2.12. The van der Waals surface area contributed by atoms with E-state index in [0.717, 1.165) is 23.0 Å². The van der Waals surface area contributed by atoms with Crippen molar-refractivity contribution >= 4 is 10.9 Å². The van der Waals surface area contributed by atoms with Crippen molar-refractivity contribution < 1.29 is 26.3 Å². The molecule has 1 heterocycles. The first kappa shape index (κ1) is 16.4. The third kappa shape index (κ3) is 3.25. The van der Waals surface area contributed by atoms with Crippen LogP contribution >= 0.6 is 0 Å². The molecular formula is C17H11F6N. The van der Waals surface area contributed by atoms with Crippen LogP contribution in [-0.4, -0.2) is 4.57 Å². The molecule has 0 N–H and O–H groups in total. The summed E-state index contributed by atoms with van der Waals surface area (Å²) in [5.74, 6) is 0. The average molecular weight is 343 g/mol. The summed E-state index contributed by atoms with van der Waals surface area (Å²) in [4.78, 5) is 0. The fourth-order valence-electron chi connectivity index (χ4n) is 2.59. The van der Waals surface area contributed by atoms with E-state index in [2.05, 4.69) is 0 Å². The standard InChI is InChI=1S/C17H11F6N/c18-16(19,20)13-7-11(8-14(9-13)17(21,22)23)10-24-6-5-12-3-1-2-4-15(12)24/h1-9H,10H2. The lowest BCUT2D eigenvalue weighted by atomic mass is 10.0. The van der Waals surface area contributed by atoms with Gasteiger partial charge < -0.3 is 4.57 Å². The normalized spacial score (nSPS) is 12.8. The van der Waals surface area contributed by atoms with Gasteiger partial charge in [0.25, 0.3) is 0 Å². The van der Waals surface area contributed by atoms with E-state index in [1.807, 2.05) is 6.07 Å². The van der Waals surface area contributed by atoms with Gasteiger partial charge in [-0.1, -0.05) is 18.2 Å². The predicted octanol–water partition coefficient (Wildman–Crippen LogP) is 5.73. The Morgan fingerprint density at radius 2 is 1.33 bits per heavy atom. The van der Waals surface area contributed by atoms with E-state index in [1.54, 1.807) is 35.0 Å². The zero-order chi connectivity index (χ0) is 17.5. The van der Waals surface area contributed by atoms with Gasteiger partial charge >= 0.3 is 12.4 Å². The summed E-state index contributed by atoms with van der Waals surface area (Å²) in [5, 5.41) is 0.862. The van der Waals surface area contributed by atoms with Gasteiger partial charge in [-0.05, 0) is 41.3 Å². The van der Waals surface area contributed by atoms with Crippen molar-refractivity contribution in [1.29, 1.82) is 0 Å². The number of hydrogen-bond donors (Lipinski definition) is 0. The maximum absolute atomic E-state index is 12.9. The molecule has 2 aromatic carbocycles. The van der Waals surface area contributed by atoms with E-state index in [1.165, 1.54) is 0 Å². The highest BCUT2D eigenvalue weighted by atomic mass is 19.4. The Bertz CT molecular complexity index is 840. The van der Waals surface area contributed by atoms with Crippen molar-refractivity contribution in [3.63, 3.8) is 0 Å². The second-order valence-corrected chi connectivity index (χ2v) is 5.42. The van der Waals surface area contributed by atoms with Crippen LogP contribution in [0.2, 0.25) is 0 Å². The van der Waals surface area contributed by atoms with Crippen LogP contribution in [0.25, 0.3) is 10.9 Å². The highest BCUT2D eigenvalue weighted by Crippen LogP contribution is 2.36. The van der Waals surface area contributed by atoms with Crippen LogP contribution in [0.4, 0.5) is 26.3 Å². The van der Waals surface area contributed by atoms with Gasteiger partial charge in [0.15, 0.2) is 0 Å². The van der Waals surface area contributed by atoms with E-state index in [0.29, 0.717) is 0 Å². The van der Waals surface area contributed by atoms with Crippen LogP contribution in [0, 0.1) is 0 Å². The smallest absolute Gasteiger partial charge is 0.343 e. The summed E-state index contributed by atoms with van der Waals surface area (Å²) < 4.78 is 79.0. The molecule has 0 saturated carbocycles. The molecule has 0 aliphatic rings. The van der Waals surface area contributed by atoms with Gasteiger partial charge in [0.2, 0.25) is 0 Å². The molecule has 0 amide bonds. The molecular weight excluding hydrogens is 332 g/mol. The van der Waals surface area contributed by atoms with E-state index >= 15 is 0 Å². The molecule has 0 spiro atoms.